The predicted octanol–water partition coefficient (Wildman–Crippen LogP) is -0.545. The third kappa shape index (κ3) is 2.39. The summed E-state index contributed by atoms with van der Waals surface area (Å²) in [5.41, 5.74) is -0.708. The lowest BCUT2D eigenvalue weighted by Crippen LogP contribution is -2.31. The molecule has 1 atom stereocenters. The van der Waals surface area contributed by atoms with Crippen LogP contribution in [0.3, 0.4) is 0 Å². The lowest BCUT2D eigenvalue weighted by Gasteiger charge is -2.19. The molecule has 0 amide bonds. The van der Waals surface area contributed by atoms with Gasteiger partial charge in [-0.1, -0.05) is 0 Å². The molecule has 106 valence electrons. The Morgan fingerprint density at radius 3 is 2.70 bits per heavy atom. The van der Waals surface area contributed by atoms with Gasteiger partial charge < -0.3 is 15.3 Å². The van der Waals surface area contributed by atoms with Gasteiger partial charge in [0.15, 0.2) is 0 Å². The first-order valence-corrected chi connectivity index (χ1v) is 6.33. The van der Waals surface area contributed by atoms with E-state index >= 15 is 0 Å². The van der Waals surface area contributed by atoms with E-state index in [0.717, 1.165) is 0 Å². The van der Waals surface area contributed by atoms with E-state index in [1.54, 1.807) is 7.05 Å². The van der Waals surface area contributed by atoms with Crippen molar-refractivity contribution in [1.82, 2.24) is 29.7 Å². The van der Waals surface area contributed by atoms with Crippen molar-refractivity contribution in [2.24, 2.45) is 0 Å². The Bertz CT molecular complexity index is 596. The number of aromatic nitrogens is 6. The van der Waals surface area contributed by atoms with E-state index in [2.05, 4.69) is 30.4 Å². The summed E-state index contributed by atoms with van der Waals surface area (Å²) in [6.07, 6.45) is 3.63. The quantitative estimate of drug-likeness (QED) is 0.769. The zero-order valence-electron chi connectivity index (χ0n) is 11.4. The highest BCUT2D eigenvalue weighted by Gasteiger charge is 2.33. The number of nitrogens with one attached hydrogen (secondary N) is 1. The second kappa shape index (κ2) is 4.67. The van der Waals surface area contributed by atoms with Crippen LogP contribution in [0.15, 0.2) is 12.7 Å². The highest BCUT2D eigenvalue weighted by Crippen LogP contribution is 2.24. The van der Waals surface area contributed by atoms with E-state index in [4.69, 9.17) is 0 Å². The monoisotopic (exact) mass is 276 g/mol. The molecule has 1 saturated heterocycles. The molecule has 0 aliphatic carbocycles. The molecule has 1 aliphatic rings. The van der Waals surface area contributed by atoms with Crippen molar-refractivity contribution in [1.29, 1.82) is 0 Å². The van der Waals surface area contributed by atoms with E-state index in [1.165, 1.54) is 17.3 Å². The van der Waals surface area contributed by atoms with E-state index in [9.17, 15) is 5.11 Å². The Morgan fingerprint density at radius 1 is 1.30 bits per heavy atom. The highest BCUT2D eigenvalue weighted by atomic mass is 16.3. The Labute approximate surface area is 115 Å². The minimum Gasteiger partial charge on any atom is -0.388 e. The van der Waals surface area contributed by atoms with Crippen LogP contribution in [0.4, 0.5) is 11.9 Å². The molecule has 1 aliphatic heterocycles. The number of nitrogens with zero attached hydrogens (tertiary/aromatic N) is 7. The number of hydrogen-bond acceptors (Lipinski definition) is 8. The van der Waals surface area contributed by atoms with Gasteiger partial charge in [-0.05, 0) is 13.3 Å². The summed E-state index contributed by atoms with van der Waals surface area (Å²) in [5, 5.41) is 17.0. The van der Waals surface area contributed by atoms with Crippen LogP contribution in [0, 0.1) is 0 Å². The zero-order valence-corrected chi connectivity index (χ0v) is 11.4. The molecule has 2 aromatic rings. The Morgan fingerprint density at radius 2 is 2.10 bits per heavy atom. The summed E-state index contributed by atoms with van der Waals surface area (Å²) in [6.45, 7) is 3.01. The third-order valence-electron chi connectivity index (χ3n) is 3.19. The van der Waals surface area contributed by atoms with Crippen molar-refractivity contribution in [3.63, 3.8) is 0 Å². The van der Waals surface area contributed by atoms with Gasteiger partial charge in [0.2, 0.25) is 11.9 Å². The molecule has 9 nitrogen and oxygen atoms in total. The normalized spacial score (nSPS) is 22.2. The van der Waals surface area contributed by atoms with Gasteiger partial charge in [0, 0.05) is 20.1 Å². The van der Waals surface area contributed by atoms with E-state index < -0.39 is 5.60 Å². The summed E-state index contributed by atoms with van der Waals surface area (Å²) in [4.78, 5) is 18.8. The first-order valence-electron chi connectivity index (χ1n) is 6.33. The molecule has 3 rings (SSSR count). The summed E-state index contributed by atoms with van der Waals surface area (Å²) in [7, 11) is 1.74. The van der Waals surface area contributed by atoms with Gasteiger partial charge in [0.05, 0.1) is 5.60 Å². The maximum atomic E-state index is 10.0. The standard InChI is InChI=1S/C11H16N8O/c1-11(20)3-4-18(5-11)9-15-8(12-2)16-10(17-9)19-7-13-6-14-19/h6-7,20H,3-5H2,1-2H3,(H,12,15,16,17). The molecule has 1 fully saturated rings. The van der Waals surface area contributed by atoms with Gasteiger partial charge in [-0.25, -0.2) is 4.98 Å². The molecular formula is C11H16N8O. The number of β-amino-alcohol motifs (C(OH)–C–C–N with tert-alkyl or cyclic N) is 1. The fourth-order valence-electron chi connectivity index (χ4n) is 2.14. The number of rotatable bonds is 3. The molecule has 2 N–H and O–H groups in total. The number of anilines is 2. The smallest absolute Gasteiger partial charge is 0.258 e. The molecule has 1 unspecified atom stereocenters. The molecule has 0 bridgehead atoms. The maximum Gasteiger partial charge on any atom is 0.258 e. The van der Waals surface area contributed by atoms with Crippen LogP contribution in [0.1, 0.15) is 13.3 Å². The molecule has 0 aromatic carbocycles. The maximum absolute atomic E-state index is 10.0. The zero-order chi connectivity index (χ0) is 14.2. The van der Waals surface area contributed by atoms with Crippen molar-refractivity contribution >= 4 is 11.9 Å². The van der Waals surface area contributed by atoms with Crippen molar-refractivity contribution < 1.29 is 5.11 Å². The topological polar surface area (TPSA) is 105 Å². The van der Waals surface area contributed by atoms with Crippen LogP contribution in [0.5, 0.6) is 0 Å². The first kappa shape index (κ1) is 12.7. The van der Waals surface area contributed by atoms with Gasteiger partial charge in [0.1, 0.15) is 12.7 Å². The SMILES string of the molecule is CNc1nc(N2CCC(C)(O)C2)nc(-n2cncn2)n1. The van der Waals surface area contributed by atoms with Crippen LogP contribution in [-0.4, -0.2) is 60.6 Å². The Hall–Kier alpha value is -2.29. The summed E-state index contributed by atoms with van der Waals surface area (Å²) in [6, 6.07) is 0. The van der Waals surface area contributed by atoms with E-state index in [1.807, 2.05) is 11.8 Å². The molecule has 2 aromatic heterocycles. The summed E-state index contributed by atoms with van der Waals surface area (Å²) >= 11 is 0. The van der Waals surface area contributed by atoms with Crippen LogP contribution >= 0.6 is 0 Å². The molecule has 3 heterocycles. The summed E-state index contributed by atoms with van der Waals surface area (Å²) < 4.78 is 1.47. The largest absolute Gasteiger partial charge is 0.388 e. The van der Waals surface area contributed by atoms with Gasteiger partial charge in [0.25, 0.3) is 5.95 Å². The fraction of sp³-hybridized carbons (Fsp3) is 0.545. The Kier molecular flexibility index (Phi) is 2.97. The number of hydrogen-bond donors (Lipinski definition) is 2. The average Bonchev–Trinajstić information content (AvgIpc) is 3.07. The Balaban J connectivity index is 1.97. The second-order valence-electron chi connectivity index (χ2n) is 5.02. The minimum atomic E-state index is -0.708. The second-order valence-corrected chi connectivity index (χ2v) is 5.02. The number of aliphatic hydroxyl groups is 1. The van der Waals surface area contributed by atoms with Gasteiger partial charge >= 0.3 is 0 Å². The van der Waals surface area contributed by atoms with E-state index in [-0.39, 0.29) is 0 Å². The molecule has 9 heteroatoms. The highest BCUT2D eigenvalue weighted by molar-refractivity contribution is 5.41. The van der Waals surface area contributed by atoms with Gasteiger partial charge in [-0.3, -0.25) is 0 Å². The van der Waals surface area contributed by atoms with Crippen molar-refractivity contribution in [3.05, 3.63) is 12.7 Å². The lowest BCUT2D eigenvalue weighted by atomic mass is 10.1. The molecule has 20 heavy (non-hydrogen) atoms. The van der Waals surface area contributed by atoms with Crippen molar-refractivity contribution in [2.75, 3.05) is 30.4 Å². The van der Waals surface area contributed by atoms with Crippen LogP contribution in [0.2, 0.25) is 0 Å². The molecular weight excluding hydrogens is 260 g/mol. The van der Waals surface area contributed by atoms with Gasteiger partial charge in [-0.2, -0.15) is 24.7 Å². The van der Waals surface area contributed by atoms with Crippen molar-refractivity contribution in [3.8, 4) is 5.95 Å². The van der Waals surface area contributed by atoms with Gasteiger partial charge in [-0.15, -0.1) is 0 Å². The fourth-order valence-corrected chi connectivity index (χ4v) is 2.14. The van der Waals surface area contributed by atoms with Crippen LogP contribution in [-0.2, 0) is 0 Å². The molecule has 0 spiro atoms. The minimum absolute atomic E-state index is 0.392. The molecule has 0 saturated carbocycles. The van der Waals surface area contributed by atoms with Crippen LogP contribution in [0.25, 0.3) is 5.95 Å². The lowest BCUT2D eigenvalue weighted by molar-refractivity contribution is 0.0838. The van der Waals surface area contributed by atoms with E-state index in [0.29, 0.717) is 37.4 Å². The first-order chi connectivity index (χ1) is 9.57. The molecule has 0 radical (unpaired) electrons. The summed E-state index contributed by atoms with van der Waals surface area (Å²) in [5.74, 6) is 1.36. The third-order valence-corrected chi connectivity index (χ3v) is 3.19. The van der Waals surface area contributed by atoms with Crippen molar-refractivity contribution in [2.45, 2.75) is 18.9 Å². The predicted molar refractivity (Wildman–Crippen MR) is 71.7 cm³/mol. The van der Waals surface area contributed by atoms with Crippen LogP contribution < -0.4 is 10.2 Å². The average molecular weight is 276 g/mol.